The molecule has 9 heteroatoms. The van der Waals surface area contributed by atoms with Gasteiger partial charge in [0.25, 0.3) is 0 Å². The van der Waals surface area contributed by atoms with Crippen LogP contribution in [0.25, 0.3) is 0 Å². The van der Waals surface area contributed by atoms with E-state index in [9.17, 15) is 16.8 Å². The summed E-state index contributed by atoms with van der Waals surface area (Å²) in [5.41, 5.74) is 0. The fourth-order valence-electron chi connectivity index (χ4n) is 2.17. The molecule has 0 spiro atoms. The molecule has 0 aliphatic carbocycles. The third-order valence-corrected chi connectivity index (χ3v) is 6.74. The van der Waals surface area contributed by atoms with Gasteiger partial charge in [-0.15, -0.1) is 0 Å². The summed E-state index contributed by atoms with van der Waals surface area (Å²) in [6.07, 6.45) is 1.03. The van der Waals surface area contributed by atoms with Crippen LogP contribution in [-0.2, 0) is 19.9 Å². The van der Waals surface area contributed by atoms with E-state index in [1.54, 1.807) is 0 Å². The van der Waals surface area contributed by atoms with Crippen molar-refractivity contribution in [2.45, 2.75) is 22.8 Å². The van der Waals surface area contributed by atoms with Crippen molar-refractivity contribution in [3.63, 3.8) is 0 Å². The third-order valence-electron chi connectivity index (χ3n) is 3.28. The molecule has 118 valence electrons. The quantitative estimate of drug-likeness (QED) is 0.866. The minimum atomic E-state index is -3.81. The summed E-state index contributed by atoms with van der Waals surface area (Å²) in [7, 11) is -7.31. The van der Waals surface area contributed by atoms with E-state index in [1.807, 2.05) is 6.92 Å². The highest BCUT2D eigenvalue weighted by atomic mass is 35.5. The molecule has 0 aromatic heterocycles. The van der Waals surface area contributed by atoms with E-state index in [0.717, 1.165) is 12.3 Å². The number of halogens is 1. The van der Waals surface area contributed by atoms with Crippen molar-refractivity contribution in [3.8, 4) is 0 Å². The van der Waals surface area contributed by atoms with Gasteiger partial charge in [0.1, 0.15) is 4.90 Å². The summed E-state index contributed by atoms with van der Waals surface area (Å²) in [5.74, 6) is 0. The van der Waals surface area contributed by atoms with Gasteiger partial charge in [-0.1, -0.05) is 11.6 Å². The lowest BCUT2D eigenvalue weighted by atomic mass is 10.3. The largest absolute Gasteiger partial charge is 0.312 e. The van der Waals surface area contributed by atoms with E-state index in [2.05, 4.69) is 5.32 Å². The minimum Gasteiger partial charge on any atom is -0.312 e. The summed E-state index contributed by atoms with van der Waals surface area (Å²) >= 11 is 5.97. The first-order valence-electron chi connectivity index (χ1n) is 6.35. The Labute approximate surface area is 130 Å². The van der Waals surface area contributed by atoms with Crippen molar-refractivity contribution in [1.29, 1.82) is 0 Å². The molecule has 1 fully saturated rings. The van der Waals surface area contributed by atoms with Gasteiger partial charge in [0.15, 0.2) is 9.84 Å². The Kier molecular flexibility index (Phi) is 4.65. The maximum Gasteiger partial charge on any atom is 0.244 e. The SMILES string of the molecule is C[C@H]1CN(S(=O)(=O)c2cc(S(C)(=O)=O)ccc2Cl)CCN1. The number of hydrogen-bond donors (Lipinski definition) is 1. The first-order chi connectivity index (χ1) is 9.62. The normalized spacial score (nSPS) is 21.4. The molecule has 1 aromatic carbocycles. The standard InChI is InChI=1S/C12H17ClN2O4S2/c1-9-8-15(6-5-14-9)21(18,19)12-7-10(20(2,16)17)3-4-11(12)13/h3-4,7,9,14H,5-6,8H2,1-2H3/t9-/m0/s1. The fourth-order valence-corrected chi connectivity index (χ4v) is 4.92. The maximum atomic E-state index is 12.7. The molecule has 1 aromatic rings. The molecule has 0 radical (unpaired) electrons. The average Bonchev–Trinajstić information content (AvgIpc) is 2.37. The van der Waals surface area contributed by atoms with Gasteiger partial charge in [-0.05, 0) is 25.1 Å². The van der Waals surface area contributed by atoms with Crippen molar-refractivity contribution in [3.05, 3.63) is 23.2 Å². The lowest BCUT2D eigenvalue weighted by Crippen LogP contribution is -2.51. The van der Waals surface area contributed by atoms with Crippen LogP contribution in [0.4, 0.5) is 0 Å². The fraction of sp³-hybridized carbons (Fsp3) is 0.500. The minimum absolute atomic E-state index is 0.0218. The summed E-state index contributed by atoms with van der Waals surface area (Å²) in [6, 6.07) is 3.76. The van der Waals surface area contributed by atoms with E-state index in [-0.39, 0.29) is 20.9 Å². The number of sulfonamides is 1. The number of nitrogens with zero attached hydrogens (tertiary/aromatic N) is 1. The molecule has 1 heterocycles. The Morgan fingerprint density at radius 2 is 1.95 bits per heavy atom. The van der Waals surface area contributed by atoms with Crippen LogP contribution in [-0.4, -0.2) is 53.1 Å². The van der Waals surface area contributed by atoms with Crippen LogP contribution in [0.2, 0.25) is 5.02 Å². The molecule has 0 saturated carbocycles. The molecule has 21 heavy (non-hydrogen) atoms. The Morgan fingerprint density at radius 1 is 1.29 bits per heavy atom. The zero-order valence-electron chi connectivity index (χ0n) is 11.7. The van der Waals surface area contributed by atoms with Crippen LogP contribution in [0.15, 0.2) is 28.0 Å². The first-order valence-corrected chi connectivity index (χ1v) is 10.1. The van der Waals surface area contributed by atoms with Crippen molar-refractivity contribution in [2.75, 3.05) is 25.9 Å². The zero-order valence-corrected chi connectivity index (χ0v) is 14.1. The van der Waals surface area contributed by atoms with Gasteiger partial charge in [0, 0.05) is 31.9 Å². The van der Waals surface area contributed by atoms with Gasteiger partial charge in [-0.2, -0.15) is 4.31 Å². The van der Waals surface area contributed by atoms with E-state index in [4.69, 9.17) is 11.6 Å². The van der Waals surface area contributed by atoms with Crippen molar-refractivity contribution >= 4 is 31.5 Å². The topological polar surface area (TPSA) is 83.6 Å². The molecule has 2 rings (SSSR count). The van der Waals surface area contributed by atoms with E-state index < -0.39 is 19.9 Å². The van der Waals surface area contributed by atoms with Crippen LogP contribution < -0.4 is 5.32 Å². The second-order valence-electron chi connectivity index (χ2n) is 5.08. The Morgan fingerprint density at radius 3 is 2.52 bits per heavy atom. The third kappa shape index (κ3) is 3.57. The van der Waals surface area contributed by atoms with Gasteiger partial charge in [-0.25, -0.2) is 16.8 Å². The predicted octanol–water partition coefficient (Wildman–Crippen LogP) is 0.726. The summed E-state index contributed by atoms with van der Waals surface area (Å²) in [6.45, 7) is 3.08. The number of hydrogen-bond acceptors (Lipinski definition) is 5. The maximum absolute atomic E-state index is 12.7. The molecular formula is C12H17ClN2O4S2. The number of nitrogens with one attached hydrogen (secondary N) is 1. The Balaban J connectivity index is 2.49. The lowest BCUT2D eigenvalue weighted by Gasteiger charge is -2.31. The van der Waals surface area contributed by atoms with E-state index in [1.165, 1.54) is 16.4 Å². The summed E-state index contributed by atoms with van der Waals surface area (Å²) in [4.78, 5) is -0.227. The van der Waals surface area contributed by atoms with Gasteiger partial charge >= 0.3 is 0 Å². The molecule has 0 amide bonds. The Bertz CT molecular complexity index is 747. The van der Waals surface area contributed by atoms with Gasteiger partial charge in [0.2, 0.25) is 10.0 Å². The lowest BCUT2D eigenvalue weighted by molar-refractivity contribution is 0.310. The second-order valence-corrected chi connectivity index (χ2v) is 9.41. The number of sulfone groups is 1. The highest BCUT2D eigenvalue weighted by Crippen LogP contribution is 2.28. The first kappa shape index (κ1) is 16.7. The Hall–Kier alpha value is -0.670. The molecule has 1 saturated heterocycles. The van der Waals surface area contributed by atoms with Gasteiger partial charge in [0.05, 0.1) is 9.92 Å². The van der Waals surface area contributed by atoms with Gasteiger partial charge in [-0.3, -0.25) is 0 Å². The number of rotatable bonds is 3. The van der Waals surface area contributed by atoms with E-state index in [0.29, 0.717) is 19.6 Å². The summed E-state index contributed by atoms with van der Waals surface area (Å²) in [5, 5.41) is 3.17. The van der Waals surface area contributed by atoms with Crippen LogP contribution in [0.5, 0.6) is 0 Å². The van der Waals surface area contributed by atoms with E-state index >= 15 is 0 Å². The molecule has 6 nitrogen and oxygen atoms in total. The highest BCUT2D eigenvalue weighted by Gasteiger charge is 2.30. The highest BCUT2D eigenvalue weighted by molar-refractivity contribution is 7.91. The second kappa shape index (κ2) is 5.85. The van der Waals surface area contributed by atoms with Crippen LogP contribution >= 0.6 is 11.6 Å². The molecule has 0 unspecified atom stereocenters. The number of piperazine rings is 1. The zero-order chi connectivity index (χ0) is 15.8. The molecule has 0 bridgehead atoms. The van der Waals surface area contributed by atoms with Gasteiger partial charge < -0.3 is 5.32 Å². The molecular weight excluding hydrogens is 336 g/mol. The average molecular weight is 353 g/mol. The molecule has 1 aliphatic heterocycles. The smallest absolute Gasteiger partial charge is 0.244 e. The van der Waals surface area contributed by atoms with Crippen molar-refractivity contribution in [1.82, 2.24) is 9.62 Å². The van der Waals surface area contributed by atoms with Crippen molar-refractivity contribution in [2.24, 2.45) is 0 Å². The van der Waals surface area contributed by atoms with Crippen LogP contribution in [0, 0.1) is 0 Å². The monoisotopic (exact) mass is 352 g/mol. The summed E-state index contributed by atoms with van der Waals surface area (Å²) < 4.78 is 49.8. The van der Waals surface area contributed by atoms with Crippen LogP contribution in [0.3, 0.4) is 0 Å². The van der Waals surface area contributed by atoms with Crippen LogP contribution in [0.1, 0.15) is 6.92 Å². The molecule has 1 aliphatic rings. The predicted molar refractivity (Wildman–Crippen MR) is 80.8 cm³/mol. The van der Waals surface area contributed by atoms with Crippen molar-refractivity contribution < 1.29 is 16.8 Å². The molecule has 1 atom stereocenters. The molecule has 1 N–H and O–H groups in total. The number of benzene rings is 1.